The molecule has 0 saturated carbocycles. The van der Waals surface area contributed by atoms with Crippen LogP contribution in [0.15, 0.2) is 22.1 Å². The van der Waals surface area contributed by atoms with Crippen molar-refractivity contribution in [3.63, 3.8) is 0 Å². The monoisotopic (exact) mass is 280 g/mol. The van der Waals surface area contributed by atoms with Crippen molar-refractivity contribution in [3.8, 4) is 0 Å². The molecule has 5 nitrogen and oxygen atoms in total. The lowest BCUT2D eigenvalue weighted by atomic mass is 10.1. The van der Waals surface area contributed by atoms with E-state index in [0.29, 0.717) is 5.76 Å². The Morgan fingerprint density at radius 1 is 1.30 bits per heavy atom. The van der Waals surface area contributed by atoms with Gasteiger partial charge in [-0.15, -0.1) is 0 Å². The highest BCUT2D eigenvalue weighted by Gasteiger charge is 2.21. The second-order valence-electron chi connectivity index (χ2n) is 5.37. The summed E-state index contributed by atoms with van der Waals surface area (Å²) in [6, 6.07) is 3.49. The lowest BCUT2D eigenvalue weighted by Crippen LogP contribution is -2.24. The molecule has 1 rings (SSSR count). The second kappa shape index (κ2) is 6.41. The normalized spacial score (nSPS) is 12.2. The molecule has 0 aromatic carbocycles. The standard InChI is InChI=1S/C15H20O5/c1-10-6-7-12(19-10)8-11(14(17)18-5)9-13(16)20-15(2,3)4/h6-8H,9H2,1-5H3. The molecule has 0 aliphatic rings. The summed E-state index contributed by atoms with van der Waals surface area (Å²) in [5.41, 5.74) is -0.407. The predicted molar refractivity (Wildman–Crippen MR) is 73.9 cm³/mol. The number of carbonyl (C=O) groups is 2. The van der Waals surface area contributed by atoms with E-state index >= 15 is 0 Å². The van der Waals surface area contributed by atoms with Gasteiger partial charge >= 0.3 is 11.9 Å². The molecule has 0 spiro atoms. The topological polar surface area (TPSA) is 65.7 Å². The highest BCUT2D eigenvalue weighted by atomic mass is 16.6. The molecule has 5 heteroatoms. The molecule has 20 heavy (non-hydrogen) atoms. The first kappa shape index (κ1) is 16.0. The van der Waals surface area contributed by atoms with E-state index in [0.717, 1.165) is 5.76 Å². The van der Waals surface area contributed by atoms with Crippen LogP contribution in [0.3, 0.4) is 0 Å². The zero-order chi connectivity index (χ0) is 15.3. The van der Waals surface area contributed by atoms with Crippen LogP contribution in [0.2, 0.25) is 0 Å². The maximum atomic E-state index is 11.8. The molecule has 0 radical (unpaired) electrons. The molecule has 1 aromatic heterocycles. The van der Waals surface area contributed by atoms with E-state index < -0.39 is 17.5 Å². The summed E-state index contributed by atoms with van der Waals surface area (Å²) in [4.78, 5) is 23.5. The minimum absolute atomic E-state index is 0.163. The zero-order valence-corrected chi connectivity index (χ0v) is 12.5. The van der Waals surface area contributed by atoms with Crippen LogP contribution >= 0.6 is 0 Å². The van der Waals surface area contributed by atoms with Gasteiger partial charge in [0.05, 0.1) is 19.1 Å². The Morgan fingerprint density at radius 3 is 2.40 bits per heavy atom. The molecule has 0 N–H and O–H groups in total. The first-order valence-corrected chi connectivity index (χ1v) is 6.28. The van der Waals surface area contributed by atoms with Crippen LogP contribution in [-0.2, 0) is 19.1 Å². The number of esters is 2. The van der Waals surface area contributed by atoms with Crippen molar-refractivity contribution >= 4 is 18.0 Å². The molecule has 0 aliphatic carbocycles. The van der Waals surface area contributed by atoms with Crippen LogP contribution in [-0.4, -0.2) is 24.6 Å². The zero-order valence-electron chi connectivity index (χ0n) is 12.5. The molecule has 1 heterocycles. The van der Waals surface area contributed by atoms with E-state index in [9.17, 15) is 9.59 Å². The molecular weight excluding hydrogens is 260 g/mol. The van der Waals surface area contributed by atoms with Crippen LogP contribution in [0, 0.1) is 6.92 Å². The Balaban J connectivity index is 2.88. The third-order valence-electron chi connectivity index (χ3n) is 2.28. The highest BCUT2D eigenvalue weighted by molar-refractivity contribution is 5.97. The molecule has 0 aliphatic heterocycles. The van der Waals surface area contributed by atoms with Gasteiger partial charge in [0.2, 0.25) is 0 Å². The van der Waals surface area contributed by atoms with Gasteiger partial charge in [0.15, 0.2) is 0 Å². The average Bonchev–Trinajstić information content (AvgIpc) is 2.70. The Kier molecular flexibility index (Phi) is 5.13. The van der Waals surface area contributed by atoms with Gasteiger partial charge < -0.3 is 13.9 Å². The second-order valence-corrected chi connectivity index (χ2v) is 5.37. The SMILES string of the molecule is COC(=O)C(=Cc1ccc(C)o1)CC(=O)OC(C)(C)C. The van der Waals surface area contributed by atoms with Gasteiger partial charge in [0.1, 0.15) is 17.1 Å². The van der Waals surface area contributed by atoms with Crippen molar-refractivity contribution in [2.24, 2.45) is 0 Å². The molecule has 0 saturated heterocycles. The number of ether oxygens (including phenoxy) is 2. The Bertz CT molecular complexity index is 517. The summed E-state index contributed by atoms with van der Waals surface area (Å²) in [5, 5.41) is 0. The first-order chi connectivity index (χ1) is 9.21. The summed E-state index contributed by atoms with van der Waals surface area (Å²) in [7, 11) is 1.26. The Labute approximate surface area is 118 Å². The van der Waals surface area contributed by atoms with Gasteiger partial charge in [-0.05, 0) is 45.9 Å². The molecule has 1 aromatic rings. The van der Waals surface area contributed by atoms with Crippen LogP contribution in [0.5, 0.6) is 0 Å². The molecule has 0 fully saturated rings. The van der Waals surface area contributed by atoms with E-state index in [-0.39, 0.29) is 12.0 Å². The quantitative estimate of drug-likeness (QED) is 0.626. The number of aryl methyl sites for hydroxylation is 1. The summed E-state index contributed by atoms with van der Waals surface area (Å²) < 4.78 is 15.2. The van der Waals surface area contributed by atoms with Gasteiger partial charge in [0, 0.05) is 0 Å². The number of hydrogen-bond donors (Lipinski definition) is 0. The third kappa shape index (κ3) is 5.30. The van der Waals surface area contributed by atoms with Crippen molar-refractivity contribution < 1.29 is 23.5 Å². The summed E-state index contributed by atoms with van der Waals surface area (Å²) in [6.45, 7) is 7.09. The van der Waals surface area contributed by atoms with Crippen molar-refractivity contribution in [1.82, 2.24) is 0 Å². The van der Waals surface area contributed by atoms with Crippen LogP contribution in [0.25, 0.3) is 6.08 Å². The van der Waals surface area contributed by atoms with Crippen LogP contribution < -0.4 is 0 Å². The van der Waals surface area contributed by atoms with E-state index in [4.69, 9.17) is 9.15 Å². The van der Waals surface area contributed by atoms with E-state index in [1.807, 2.05) is 0 Å². The van der Waals surface area contributed by atoms with Gasteiger partial charge in [-0.1, -0.05) is 0 Å². The largest absolute Gasteiger partial charge is 0.466 e. The third-order valence-corrected chi connectivity index (χ3v) is 2.28. The van der Waals surface area contributed by atoms with Gasteiger partial charge in [-0.3, -0.25) is 4.79 Å². The lowest BCUT2D eigenvalue weighted by Gasteiger charge is -2.19. The van der Waals surface area contributed by atoms with Gasteiger partial charge in [0.25, 0.3) is 0 Å². The number of methoxy groups -OCH3 is 1. The maximum Gasteiger partial charge on any atom is 0.334 e. The van der Waals surface area contributed by atoms with Gasteiger partial charge in [-0.2, -0.15) is 0 Å². The molecule has 0 amide bonds. The minimum atomic E-state index is -0.598. The fourth-order valence-electron chi connectivity index (χ4n) is 1.55. The summed E-state index contributed by atoms with van der Waals surface area (Å²) in [5.74, 6) is 0.145. The fraction of sp³-hybridized carbons (Fsp3) is 0.467. The smallest absolute Gasteiger partial charge is 0.334 e. The Hall–Kier alpha value is -2.04. The van der Waals surface area contributed by atoms with Gasteiger partial charge in [-0.25, -0.2) is 4.79 Å². The van der Waals surface area contributed by atoms with Crippen molar-refractivity contribution in [1.29, 1.82) is 0 Å². The Morgan fingerprint density at radius 2 is 1.95 bits per heavy atom. The molecule has 0 unspecified atom stereocenters. The van der Waals surface area contributed by atoms with E-state index in [1.165, 1.54) is 13.2 Å². The van der Waals surface area contributed by atoms with Crippen molar-refractivity contribution in [2.75, 3.05) is 7.11 Å². The first-order valence-electron chi connectivity index (χ1n) is 6.28. The maximum absolute atomic E-state index is 11.8. The lowest BCUT2D eigenvalue weighted by molar-refractivity contribution is -0.155. The summed E-state index contributed by atoms with van der Waals surface area (Å²) >= 11 is 0. The minimum Gasteiger partial charge on any atom is -0.466 e. The van der Waals surface area contributed by atoms with Crippen LogP contribution in [0.4, 0.5) is 0 Å². The molecule has 0 atom stereocenters. The number of rotatable bonds is 4. The number of carbonyl (C=O) groups excluding carboxylic acids is 2. The average molecular weight is 280 g/mol. The van der Waals surface area contributed by atoms with E-state index in [2.05, 4.69) is 4.74 Å². The highest BCUT2D eigenvalue weighted by Crippen LogP contribution is 2.17. The fourth-order valence-corrected chi connectivity index (χ4v) is 1.55. The molecule has 110 valence electrons. The molecule has 0 bridgehead atoms. The van der Waals surface area contributed by atoms with Crippen LogP contribution in [0.1, 0.15) is 38.7 Å². The van der Waals surface area contributed by atoms with E-state index in [1.54, 1.807) is 39.8 Å². The molecular formula is C15H20O5. The summed E-state index contributed by atoms with van der Waals surface area (Å²) in [6.07, 6.45) is 1.33. The van der Waals surface area contributed by atoms with Crippen molar-refractivity contribution in [2.45, 2.75) is 39.7 Å². The number of hydrogen-bond acceptors (Lipinski definition) is 5. The predicted octanol–water partition coefficient (Wildman–Crippen LogP) is 2.88. The number of furan rings is 1. The van der Waals surface area contributed by atoms with Crippen molar-refractivity contribution in [3.05, 3.63) is 29.2 Å².